The fourth-order valence-corrected chi connectivity index (χ4v) is 3.03. The van der Waals surface area contributed by atoms with Crippen molar-refractivity contribution in [3.8, 4) is 0 Å². The summed E-state index contributed by atoms with van der Waals surface area (Å²) in [5, 5.41) is 1.17. The molecule has 0 saturated carbocycles. The topological polar surface area (TPSA) is 26.4 Å². The number of hydrogen-bond acceptors (Lipinski definition) is 1. The maximum Gasteiger partial charge on any atom is 0.255 e. The van der Waals surface area contributed by atoms with Crippen LogP contribution in [0.15, 0.2) is 42.6 Å². The van der Waals surface area contributed by atoms with Gasteiger partial charge >= 0.3 is 0 Å². The van der Waals surface area contributed by atoms with Crippen LogP contribution in [0.2, 0.25) is 0 Å². The number of likely N-dealkylation sites (N-methyl/N-ethyl adjacent to an activating group) is 1. The third-order valence-electron chi connectivity index (χ3n) is 3.90. The minimum Gasteiger partial charge on any atom is -0.300 e. The molecule has 0 amide bonds. The predicted octanol–water partition coefficient (Wildman–Crippen LogP) is 1.39. The van der Waals surface area contributed by atoms with E-state index in [1.807, 2.05) is 28.8 Å². The molecule has 2 aliphatic rings. The van der Waals surface area contributed by atoms with E-state index in [9.17, 15) is 4.79 Å². The molecule has 2 atom stereocenters. The van der Waals surface area contributed by atoms with Crippen molar-refractivity contribution >= 4 is 22.9 Å². The Kier molecular flexibility index (Phi) is 1.76. The Morgan fingerprint density at radius 2 is 2.06 bits per heavy atom. The maximum absolute atomic E-state index is 12.1. The summed E-state index contributed by atoms with van der Waals surface area (Å²) in [6.07, 6.45) is 7.99. The minimum absolute atomic E-state index is 0.0619. The average Bonchev–Trinajstić information content (AvgIpc) is 2.72. The van der Waals surface area contributed by atoms with Crippen molar-refractivity contribution in [1.82, 2.24) is 4.57 Å². The highest BCUT2D eigenvalue weighted by Gasteiger charge is 2.33. The molecular formula is C15H13N2O+. The second-order valence-corrected chi connectivity index (χ2v) is 4.90. The van der Waals surface area contributed by atoms with Crippen molar-refractivity contribution in [2.75, 3.05) is 7.05 Å². The zero-order valence-electron chi connectivity index (χ0n) is 10.1. The molecule has 0 saturated heterocycles. The monoisotopic (exact) mass is 237 g/mol. The number of aromatic nitrogens is 1. The summed E-state index contributed by atoms with van der Waals surface area (Å²) in [4.78, 5) is 13.4. The van der Waals surface area contributed by atoms with E-state index in [0.29, 0.717) is 0 Å². The SMILES string of the molecule is C[NH+]1C=Cc2c3n(c4ccccc24)C(=O)C=CC31. The number of hydrogen-bond donors (Lipinski definition) is 1. The smallest absolute Gasteiger partial charge is 0.255 e. The van der Waals surface area contributed by atoms with E-state index < -0.39 is 0 Å². The number of carbonyl (C=O) groups is 1. The lowest BCUT2D eigenvalue weighted by Gasteiger charge is -2.26. The summed E-state index contributed by atoms with van der Waals surface area (Å²) >= 11 is 0. The fraction of sp³-hybridized carbons (Fsp3) is 0.133. The number of carbonyl (C=O) groups excluding carboxylic acids is 1. The summed E-state index contributed by atoms with van der Waals surface area (Å²) in [5.74, 6) is 0.0619. The van der Waals surface area contributed by atoms with Gasteiger partial charge in [0.05, 0.1) is 24.5 Å². The van der Waals surface area contributed by atoms with Gasteiger partial charge in [0.1, 0.15) is 0 Å². The van der Waals surface area contributed by atoms with Crippen LogP contribution in [0, 0.1) is 0 Å². The van der Waals surface area contributed by atoms with Gasteiger partial charge in [0.2, 0.25) is 0 Å². The van der Waals surface area contributed by atoms with Crippen molar-refractivity contribution < 1.29 is 9.69 Å². The second-order valence-electron chi connectivity index (χ2n) is 4.90. The van der Waals surface area contributed by atoms with Gasteiger partial charge in [0, 0.05) is 23.1 Å². The number of benzene rings is 1. The van der Waals surface area contributed by atoms with Gasteiger partial charge < -0.3 is 4.90 Å². The number of nitrogens with zero attached hydrogens (tertiary/aromatic N) is 1. The van der Waals surface area contributed by atoms with E-state index in [0.717, 1.165) is 11.2 Å². The van der Waals surface area contributed by atoms with Crippen LogP contribution in [0.5, 0.6) is 0 Å². The van der Waals surface area contributed by atoms with Crippen LogP contribution in [-0.2, 0) is 0 Å². The molecule has 0 fully saturated rings. The van der Waals surface area contributed by atoms with Crippen molar-refractivity contribution in [2.45, 2.75) is 6.04 Å². The van der Waals surface area contributed by atoms with Gasteiger partial charge in [-0.25, -0.2) is 0 Å². The zero-order valence-corrected chi connectivity index (χ0v) is 10.1. The maximum atomic E-state index is 12.1. The summed E-state index contributed by atoms with van der Waals surface area (Å²) in [6, 6.07) is 8.36. The number of nitrogens with one attached hydrogen (secondary N) is 1. The van der Waals surface area contributed by atoms with Crippen molar-refractivity contribution in [3.63, 3.8) is 0 Å². The number of rotatable bonds is 0. The summed E-state index contributed by atoms with van der Waals surface area (Å²) < 4.78 is 1.86. The standard InChI is InChI=1S/C15H12N2O/c1-16-9-8-11-10-4-2-3-5-12(10)17-14(18)7-6-13(16)15(11)17/h2-9,13H,1H3/p+1. The number of quaternary nitrogens is 1. The molecule has 3 heterocycles. The molecule has 2 aromatic rings. The summed E-state index contributed by atoms with van der Waals surface area (Å²) in [5.41, 5.74) is 3.34. The first-order valence-corrected chi connectivity index (χ1v) is 6.15. The second kappa shape index (κ2) is 3.21. The first-order chi connectivity index (χ1) is 8.77. The molecule has 0 aliphatic carbocycles. The van der Waals surface area contributed by atoms with E-state index in [2.05, 4.69) is 25.4 Å². The van der Waals surface area contributed by atoms with Crippen LogP contribution >= 0.6 is 0 Å². The fourth-order valence-electron chi connectivity index (χ4n) is 3.03. The molecule has 88 valence electrons. The number of para-hydroxylation sites is 1. The molecular weight excluding hydrogens is 224 g/mol. The highest BCUT2D eigenvalue weighted by atomic mass is 16.2. The zero-order chi connectivity index (χ0) is 12.3. The molecule has 1 aromatic heterocycles. The Balaban J connectivity index is 2.20. The number of allylic oxidation sites excluding steroid dienone is 1. The minimum atomic E-state index is 0.0619. The van der Waals surface area contributed by atoms with E-state index in [-0.39, 0.29) is 11.9 Å². The Labute approximate surface area is 105 Å². The summed E-state index contributed by atoms with van der Waals surface area (Å²) in [7, 11) is 2.12. The third kappa shape index (κ3) is 1.05. The molecule has 18 heavy (non-hydrogen) atoms. The molecule has 3 nitrogen and oxygen atoms in total. The van der Waals surface area contributed by atoms with Gasteiger partial charge in [0.25, 0.3) is 5.91 Å². The lowest BCUT2D eigenvalue weighted by molar-refractivity contribution is -0.852. The van der Waals surface area contributed by atoms with Gasteiger partial charge in [0.15, 0.2) is 6.04 Å². The van der Waals surface area contributed by atoms with Crippen LogP contribution in [0.4, 0.5) is 0 Å². The molecule has 1 N–H and O–H groups in total. The van der Waals surface area contributed by atoms with Crippen molar-refractivity contribution in [1.29, 1.82) is 0 Å². The van der Waals surface area contributed by atoms with Crippen molar-refractivity contribution in [2.24, 2.45) is 0 Å². The third-order valence-corrected chi connectivity index (χ3v) is 3.90. The van der Waals surface area contributed by atoms with Crippen LogP contribution in [0.1, 0.15) is 22.1 Å². The first kappa shape index (κ1) is 9.85. The first-order valence-electron chi connectivity index (χ1n) is 6.15. The summed E-state index contributed by atoms with van der Waals surface area (Å²) in [6.45, 7) is 0. The molecule has 2 aliphatic heterocycles. The van der Waals surface area contributed by atoms with Gasteiger partial charge in [-0.05, 0) is 12.1 Å². The molecule has 2 unspecified atom stereocenters. The van der Waals surface area contributed by atoms with Gasteiger partial charge in [-0.3, -0.25) is 9.36 Å². The molecule has 0 bridgehead atoms. The average molecular weight is 237 g/mol. The van der Waals surface area contributed by atoms with Crippen molar-refractivity contribution in [3.05, 3.63) is 53.9 Å². The highest BCUT2D eigenvalue weighted by Crippen LogP contribution is 2.34. The Morgan fingerprint density at radius 3 is 2.94 bits per heavy atom. The van der Waals surface area contributed by atoms with E-state index >= 15 is 0 Å². The van der Waals surface area contributed by atoms with Gasteiger partial charge in [-0.2, -0.15) is 0 Å². The van der Waals surface area contributed by atoms with Gasteiger partial charge in [-0.15, -0.1) is 0 Å². The van der Waals surface area contributed by atoms with E-state index in [1.165, 1.54) is 15.8 Å². The van der Waals surface area contributed by atoms with Gasteiger partial charge in [-0.1, -0.05) is 18.2 Å². The van der Waals surface area contributed by atoms with Crippen LogP contribution in [0.25, 0.3) is 17.0 Å². The Morgan fingerprint density at radius 1 is 1.22 bits per heavy atom. The quantitative estimate of drug-likeness (QED) is 0.736. The highest BCUT2D eigenvalue weighted by molar-refractivity contribution is 6.04. The lowest BCUT2D eigenvalue weighted by atomic mass is 10.0. The van der Waals surface area contributed by atoms with E-state index in [1.54, 1.807) is 6.08 Å². The predicted molar refractivity (Wildman–Crippen MR) is 70.4 cm³/mol. The largest absolute Gasteiger partial charge is 0.300 e. The molecule has 4 rings (SSSR count). The molecule has 3 heteroatoms. The molecule has 0 spiro atoms. The Hall–Kier alpha value is -2.13. The van der Waals surface area contributed by atoms with E-state index in [4.69, 9.17) is 0 Å². The number of fused-ring (bicyclic) bond motifs is 3. The molecule has 0 radical (unpaired) electrons. The normalized spacial score (nSPS) is 24.6. The van der Waals surface area contributed by atoms with Crippen LogP contribution in [0.3, 0.4) is 0 Å². The van der Waals surface area contributed by atoms with Crippen LogP contribution in [-0.4, -0.2) is 17.5 Å². The molecule has 1 aromatic carbocycles. The lowest BCUT2D eigenvalue weighted by Crippen LogP contribution is -3.05. The Bertz CT molecular complexity index is 736. The van der Waals surface area contributed by atoms with Crippen LogP contribution < -0.4 is 4.90 Å².